The summed E-state index contributed by atoms with van der Waals surface area (Å²) in [6, 6.07) is 11.9. The van der Waals surface area contributed by atoms with Gasteiger partial charge in [-0.2, -0.15) is 0 Å². The highest BCUT2D eigenvalue weighted by atomic mass is 16.3. The van der Waals surface area contributed by atoms with Crippen LogP contribution >= 0.6 is 0 Å². The summed E-state index contributed by atoms with van der Waals surface area (Å²) in [5, 5.41) is 10.9. The zero-order chi connectivity index (χ0) is 14.0. The Morgan fingerprint density at radius 1 is 1.15 bits per heavy atom. The van der Waals surface area contributed by atoms with Crippen molar-refractivity contribution in [3.8, 4) is 0 Å². The smallest absolute Gasteiger partial charge is 0.0677 e. The number of hydrogen-bond donors (Lipinski definition) is 1. The largest absolute Gasteiger partial charge is 0.390 e. The average molecular weight is 273 g/mol. The van der Waals surface area contributed by atoms with Crippen molar-refractivity contribution in [2.24, 2.45) is 0 Å². The predicted molar refractivity (Wildman–Crippen MR) is 82.8 cm³/mol. The van der Waals surface area contributed by atoms with Crippen LogP contribution in [-0.4, -0.2) is 34.7 Å². The molecule has 2 unspecified atom stereocenters. The minimum atomic E-state index is -0.406. The van der Waals surface area contributed by atoms with Crippen LogP contribution in [0.2, 0.25) is 0 Å². The number of nitrogens with zero attached hydrogens (tertiary/aromatic N) is 1. The first kappa shape index (κ1) is 14.1. The minimum Gasteiger partial charge on any atom is -0.390 e. The van der Waals surface area contributed by atoms with E-state index in [1.54, 1.807) is 0 Å². The molecule has 3 rings (SSSR count). The van der Waals surface area contributed by atoms with Crippen molar-refractivity contribution in [3.63, 3.8) is 0 Å². The van der Waals surface area contributed by atoms with Crippen LogP contribution in [0.4, 0.5) is 0 Å². The second-order valence-corrected chi connectivity index (χ2v) is 6.88. The SMILES string of the molecule is CN1C2CCCC1CC(O)(CCCc1ccccc1)C2. The Hall–Kier alpha value is -0.860. The van der Waals surface area contributed by atoms with Gasteiger partial charge in [-0.3, -0.25) is 0 Å². The number of piperidine rings is 2. The Kier molecular flexibility index (Phi) is 4.13. The molecule has 110 valence electrons. The molecule has 2 nitrogen and oxygen atoms in total. The molecule has 2 heteroatoms. The Morgan fingerprint density at radius 3 is 2.45 bits per heavy atom. The lowest BCUT2D eigenvalue weighted by atomic mass is 9.74. The lowest BCUT2D eigenvalue weighted by Crippen LogP contribution is -2.56. The fourth-order valence-electron chi connectivity index (χ4n) is 4.22. The molecule has 1 aromatic carbocycles. The van der Waals surface area contributed by atoms with E-state index >= 15 is 0 Å². The first-order chi connectivity index (χ1) is 9.66. The van der Waals surface area contributed by atoms with Crippen LogP contribution in [0.1, 0.15) is 50.5 Å². The lowest BCUT2D eigenvalue weighted by Gasteiger charge is -2.50. The van der Waals surface area contributed by atoms with Crippen molar-refractivity contribution < 1.29 is 5.11 Å². The maximum atomic E-state index is 10.9. The molecular formula is C18H27NO. The molecule has 0 spiro atoms. The van der Waals surface area contributed by atoms with Gasteiger partial charge in [-0.1, -0.05) is 36.8 Å². The summed E-state index contributed by atoms with van der Waals surface area (Å²) < 4.78 is 0. The summed E-state index contributed by atoms with van der Waals surface area (Å²) in [7, 11) is 2.25. The highest BCUT2D eigenvalue weighted by Gasteiger charge is 2.43. The van der Waals surface area contributed by atoms with Crippen molar-refractivity contribution in [1.29, 1.82) is 0 Å². The molecule has 1 N–H and O–H groups in total. The summed E-state index contributed by atoms with van der Waals surface area (Å²) in [6.07, 6.45) is 9.01. The van der Waals surface area contributed by atoms with Crippen molar-refractivity contribution >= 4 is 0 Å². The number of rotatable bonds is 4. The van der Waals surface area contributed by atoms with Gasteiger partial charge in [0, 0.05) is 12.1 Å². The van der Waals surface area contributed by atoms with E-state index < -0.39 is 5.60 Å². The standard InChI is InChI=1S/C18H27NO/c1-19-16-10-5-11-17(19)14-18(20,13-16)12-6-9-15-7-3-2-4-8-15/h2-4,7-8,16-17,20H,5-6,9-14H2,1H3. The number of aryl methyl sites for hydroxylation is 1. The zero-order valence-corrected chi connectivity index (χ0v) is 12.6. The van der Waals surface area contributed by atoms with Gasteiger partial charge < -0.3 is 10.0 Å². The highest BCUT2D eigenvalue weighted by Crippen LogP contribution is 2.40. The normalized spacial score (nSPS) is 34.1. The van der Waals surface area contributed by atoms with Crippen LogP contribution in [0.3, 0.4) is 0 Å². The van der Waals surface area contributed by atoms with Gasteiger partial charge >= 0.3 is 0 Å². The first-order valence-electron chi connectivity index (χ1n) is 8.15. The van der Waals surface area contributed by atoms with Crippen LogP contribution in [0, 0.1) is 0 Å². The van der Waals surface area contributed by atoms with Crippen LogP contribution < -0.4 is 0 Å². The number of benzene rings is 1. The Bertz CT molecular complexity index is 416. The monoisotopic (exact) mass is 273 g/mol. The highest BCUT2D eigenvalue weighted by molar-refractivity contribution is 5.14. The van der Waals surface area contributed by atoms with Gasteiger partial charge in [-0.05, 0) is 57.6 Å². The molecule has 2 bridgehead atoms. The average Bonchev–Trinajstić information content (AvgIpc) is 2.42. The third-order valence-electron chi connectivity index (χ3n) is 5.41. The van der Waals surface area contributed by atoms with Gasteiger partial charge in [-0.15, -0.1) is 0 Å². The minimum absolute atomic E-state index is 0.406. The van der Waals surface area contributed by atoms with Crippen LogP contribution in [0.5, 0.6) is 0 Å². The van der Waals surface area contributed by atoms with Gasteiger partial charge in [0.15, 0.2) is 0 Å². The molecule has 2 aliphatic rings. The van der Waals surface area contributed by atoms with Crippen molar-refractivity contribution in [1.82, 2.24) is 4.90 Å². The van der Waals surface area contributed by atoms with E-state index in [1.807, 2.05) is 0 Å². The summed E-state index contributed by atoms with van der Waals surface area (Å²) in [5.41, 5.74) is 0.987. The molecule has 2 atom stereocenters. The van der Waals surface area contributed by atoms with Gasteiger partial charge in [0.1, 0.15) is 0 Å². The van der Waals surface area contributed by atoms with Gasteiger partial charge in [-0.25, -0.2) is 0 Å². The number of fused-ring (bicyclic) bond motifs is 2. The molecule has 2 saturated heterocycles. The first-order valence-corrected chi connectivity index (χ1v) is 8.15. The topological polar surface area (TPSA) is 23.5 Å². The van der Waals surface area contributed by atoms with Crippen LogP contribution in [-0.2, 0) is 6.42 Å². The van der Waals surface area contributed by atoms with E-state index in [-0.39, 0.29) is 0 Å². The maximum Gasteiger partial charge on any atom is 0.0677 e. The van der Waals surface area contributed by atoms with E-state index in [2.05, 4.69) is 42.3 Å². The summed E-state index contributed by atoms with van der Waals surface area (Å²) in [5.74, 6) is 0. The molecule has 0 saturated carbocycles. The number of aliphatic hydroxyl groups is 1. The Morgan fingerprint density at radius 2 is 1.80 bits per heavy atom. The van der Waals surface area contributed by atoms with Gasteiger partial charge in [0.2, 0.25) is 0 Å². The molecule has 2 heterocycles. The third-order valence-corrected chi connectivity index (χ3v) is 5.41. The van der Waals surface area contributed by atoms with Crippen molar-refractivity contribution in [3.05, 3.63) is 35.9 Å². The van der Waals surface area contributed by atoms with E-state index in [4.69, 9.17) is 0 Å². The Balaban J connectivity index is 1.54. The van der Waals surface area contributed by atoms with Crippen LogP contribution in [0.25, 0.3) is 0 Å². The van der Waals surface area contributed by atoms with Crippen molar-refractivity contribution in [2.45, 2.75) is 69.1 Å². The molecule has 20 heavy (non-hydrogen) atoms. The molecule has 2 aliphatic heterocycles. The molecule has 0 aliphatic carbocycles. The lowest BCUT2D eigenvalue weighted by molar-refractivity contribution is -0.0876. The molecule has 0 radical (unpaired) electrons. The summed E-state index contributed by atoms with van der Waals surface area (Å²) in [6.45, 7) is 0. The molecular weight excluding hydrogens is 246 g/mol. The molecule has 2 fully saturated rings. The van der Waals surface area contributed by atoms with Crippen molar-refractivity contribution in [2.75, 3.05) is 7.05 Å². The van der Waals surface area contributed by atoms with E-state index in [9.17, 15) is 5.11 Å². The van der Waals surface area contributed by atoms with E-state index in [0.29, 0.717) is 12.1 Å². The van der Waals surface area contributed by atoms with E-state index in [1.165, 1.54) is 24.8 Å². The zero-order valence-electron chi connectivity index (χ0n) is 12.6. The van der Waals surface area contributed by atoms with Crippen LogP contribution in [0.15, 0.2) is 30.3 Å². The number of hydrogen-bond acceptors (Lipinski definition) is 2. The Labute approximate surface area is 122 Å². The van der Waals surface area contributed by atoms with Gasteiger partial charge in [0.25, 0.3) is 0 Å². The molecule has 0 amide bonds. The molecule has 0 aromatic heterocycles. The second kappa shape index (κ2) is 5.87. The van der Waals surface area contributed by atoms with Gasteiger partial charge in [0.05, 0.1) is 5.60 Å². The maximum absolute atomic E-state index is 10.9. The fraction of sp³-hybridized carbons (Fsp3) is 0.667. The fourth-order valence-corrected chi connectivity index (χ4v) is 4.22. The predicted octanol–water partition coefficient (Wildman–Crippen LogP) is 3.39. The van der Waals surface area contributed by atoms with E-state index in [0.717, 1.165) is 32.1 Å². The third kappa shape index (κ3) is 3.07. The summed E-state index contributed by atoms with van der Waals surface area (Å²) in [4.78, 5) is 2.52. The quantitative estimate of drug-likeness (QED) is 0.909. The second-order valence-electron chi connectivity index (χ2n) is 6.88. The summed E-state index contributed by atoms with van der Waals surface area (Å²) >= 11 is 0. The molecule has 1 aromatic rings.